The molecule has 1 aromatic rings. The van der Waals surface area contributed by atoms with E-state index in [1.807, 2.05) is 6.92 Å². The van der Waals surface area contributed by atoms with Crippen LogP contribution in [0.3, 0.4) is 0 Å². The van der Waals surface area contributed by atoms with Crippen LogP contribution in [0.5, 0.6) is 0 Å². The molecule has 6 nitrogen and oxygen atoms in total. The lowest BCUT2D eigenvalue weighted by molar-refractivity contribution is 0.0656. The number of rotatable bonds is 2. The monoisotopic (exact) mass is 193 g/mol. The van der Waals surface area contributed by atoms with Gasteiger partial charge < -0.3 is 15.8 Å². The van der Waals surface area contributed by atoms with Gasteiger partial charge in [0.25, 0.3) is 0 Å². The van der Waals surface area contributed by atoms with Gasteiger partial charge in [0.05, 0.1) is 0 Å². The molecule has 74 valence electrons. The summed E-state index contributed by atoms with van der Waals surface area (Å²) in [5.41, 5.74) is 6.23. The van der Waals surface area contributed by atoms with Gasteiger partial charge in [0.2, 0.25) is 0 Å². The van der Waals surface area contributed by atoms with Gasteiger partial charge in [-0.15, -0.1) is 0 Å². The first-order valence-electron chi connectivity index (χ1n) is 4.34. The maximum atomic E-state index is 5.56. The molecule has 0 fully saturated rings. The average Bonchev–Trinajstić information content (AvgIpc) is 2.18. The summed E-state index contributed by atoms with van der Waals surface area (Å²) >= 11 is 0. The molecule has 0 saturated carbocycles. The molecular formula is C8H11N5O. The Kier molecular flexibility index (Phi) is 2.28. The van der Waals surface area contributed by atoms with Crippen molar-refractivity contribution in [2.45, 2.75) is 13.2 Å². The van der Waals surface area contributed by atoms with Crippen LogP contribution in [0.15, 0.2) is 17.4 Å². The summed E-state index contributed by atoms with van der Waals surface area (Å²) < 4.78 is 5.37. The number of nitrogens with one attached hydrogen (secondary N) is 1. The van der Waals surface area contributed by atoms with Crippen molar-refractivity contribution in [1.82, 2.24) is 9.97 Å². The molecule has 6 heteroatoms. The highest BCUT2D eigenvalue weighted by Crippen LogP contribution is 2.25. The van der Waals surface area contributed by atoms with E-state index in [1.165, 1.54) is 0 Å². The SMILES string of the molecule is CCOC1N=C(N)Nc2nccnc21. The van der Waals surface area contributed by atoms with Crippen molar-refractivity contribution < 1.29 is 4.74 Å². The zero-order chi connectivity index (χ0) is 9.97. The highest BCUT2D eigenvalue weighted by atomic mass is 16.5. The van der Waals surface area contributed by atoms with Crippen molar-refractivity contribution in [3.05, 3.63) is 18.1 Å². The van der Waals surface area contributed by atoms with Crippen LogP contribution in [0.25, 0.3) is 0 Å². The van der Waals surface area contributed by atoms with Crippen LogP contribution in [-0.4, -0.2) is 22.5 Å². The Bertz CT molecular complexity index is 365. The van der Waals surface area contributed by atoms with Gasteiger partial charge in [0.15, 0.2) is 18.0 Å². The Balaban J connectivity index is 2.35. The highest BCUT2D eigenvalue weighted by Gasteiger charge is 2.22. The average molecular weight is 193 g/mol. The fraction of sp³-hybridized carbons (Fsp3) is 0.375. The van der Waals surface area contributed by atoms with Crippen molar-refractivity contribution in [3.63, 3.8) is 0 Å². The zero-order valence-corrected chi connectivity index (χ0v) is 7.77. The lowest BCUT2D eigenvalue weighted by Gasteiger charge is -2.20. The molecule has 0 spiro atoms. The first-order chi connectivity index (χ1) is 6.81. The van der Waals surface area contributed by atoms with Crippen molar-refractivity contribution in [2.75, 3.05) is 11.9 Å². The number of ether oxygens (including phenoxy) is 1. The molecule has 0 amide bonds. The third-order valence-electron chi connectivity index (χ3n) is 1.79. The maximum absolute atomic E-state index is 5.56. The summed E-state index contributed by atoms with van der Waals surface area (Å²) in [5.74, 6) is 0.912. The number of fused-ring (bicyclic) bond motifs is 1. The number of anilines is 1. The van der Waals surface area contributed by atoms with Crippen molar-refractivity contribution >= 4 is 11.8 Å². The largest absolute Gasteiger partial charge is 0.370 e. The van der Waals surface area contributed by atoms with E-state index in [4.69, 9.17) is 10.5 Å². The molecule has 0 saturated heterocycles. The molecule has 0 bridgehead atoms. The van der Waals surface area contributed by atoms with E-state index >= 15 is 0 Å². The quantitative estimate of drug-likeness (QED) is 0.703. The normalized spacial score (nSPS) is 19.5. The molecule has 0 aromatic carbocycles. The second-order valence-corrected chi connectivity index (χ2v) is 2.74. The summed E-state index contributed by atoms with van der Waals surface area (Å²) in [7, 11) is 0. The molecule has 2 rings (SSSR count). The third kappa shape index (κ3) is 1.51. The van der Waals surface area contributed by atoms with E-state index in [0.29, 0.717) is 24.1 Å². The van der Waals surface area contributed by atoms with E-state index < -0.39 is 6.23 Å². The van der Waals surface area contributed by atoms with E-state index in [9.17, 15) is 0 Å². The summed E-state index contributed by atoms with van der Waals surface area (Å²) in [6.45, 7) is 2.45. The number of hydrogen-bond donors (Lipinski definition) is 2. The van der Waals surface area contributed by atoms with Crippen LogP contribution in [0, 0.1) is 0 Å². The molecule has 0 aliphatic carbocycles. The lowest BCUT2D eigenvalue weighted by Crippen LogP contribution is -2.30. The van der Waals surface area contributed by atoms with Gasteiger partial charge in [-0.3, -0.25) is 4.98 Å². The van der Waals surface area contributed by atoms with E-state index in [0.717, 1.165) is 0 Å². The molecule has 1 aliphatic rings. The number of aliphatic imine (C=N–C) groups is 1. The third-order valence-corrected chi connectivity index (χ3v) is 1.79. The molecule has 1 aliphatic heterocycles. The molecule has 1 aromatic heterocycles. The Morgan fingerprint density at radius 2 is 2.29 bits per heavy atom. The number of nitrogens with two attached hydrogens (primary N) is 1. The van der Waals surface area contributed by atoms with Gasteiger partial charge in [0.1, 0.15) is 5.69 Å². The molecular weight excluding hydrogens is 182 g/mol. The Morgan fingerprint density at radius 3 is 3.07 bits per heavy atom. The van der Waals surface area contributed by atoms with Gasteiger partial charge in [-0.05, 0) is 6.92 Å². The predicted octanol–water partition coefficient (Wildman–Crippen LogP) is 0.252. The molecule has 0 radical (unpaired) electrons. The van der Waals surface area contributed by atoms with Crippen LogP contribution in [0.1, 0.15) is 18.8 Å². The molecule has 3 N–H and O–H groups in total. The van der Waals surface area contributed by atoms with E-state index in [-0.39, 0.29) is 0 Å². The summed E-state index contributed by atoms with van der Waals surface area (Å²) in [5, 5.41) is 2.82. The lowest BCUT2D eigenvalue weighted by atomic mass is 10.3. The first-order valence-corrected chi connectivity index (χ1v) is 4.34. The topological polar surface area (TPSA) is 85.4 Å². The van der Waals surface area contributed by atoms with Crippen molar-refractivity contribution in [1.29, 1.82) is 0 Å². The number of nitrogens with zero attached hydrogens (tertiary/aromatic N) is 3. The van der Waals surface area contributed by atoms with Crippen LogP contribution in [0.2, 0.25) is 0 Å². The second-order valence-electron chi connectivity index (χ2n) is 2.74. The zero-order valence-electron chi connectivity index (χ0n) is 7.77. The minimum atomic E-state index is -0.440. The smallest absolute Gasteiger partial charge is 0.198 e. The molecule has 14 heavy (non-hydrogen) atoms. The van der Waals surface area contributed by atoms with Gasteiger partial charge in [-0.25, -0.2) is 9.98 Å². The van der Waals surface area contributed by atoms with Crippen molar-refractivity contribution in [2.24, 2.45) is 10.7 Å². The highest BCUT2D eigenvalue weighted by molar-refractivity contribution is 5.93. The number of hydrogen-bond acceptors (Lipinski definition) is 6. The Labute approximate surface area is 81.2 Å². The first kappa shape index (κ1) is 8.89. The van der Waals surface area contributed by atoms with Crippen LogP contribution < -0.4 is 11.1 Å². The Morgan fingerprint density at radius 1 is 1.50 bits per heavy atom. The van der Waals surface area contributed by atoms with Gasteiger partial charge in [-0.1, -0.05) is 0 Å². The predicted molar refractivity (Wildman–Crippen MR) is 51.6 cm³/mol. The van der Waals surface area contributed by atoms with Gasteiger partial charge in [-0.2, -0.15) is 0 Å². The minimum Gasteiger partial charge on any atom is -0.370 e. The van der Waals surface area contributed by atoms with E-state index in [1.54, 1.807) is 12.4 Å². The summed E-state index contributed by atoms with van der Waals surface area (Å²) in [6.07, 6.45) is 2.75. The standard InChI is InChI=1S/C8H11N5O/c1-2-14-7-5-6(11-4-3-10-5)12-8(9)13-7/h3-4,7H,2H2,1H3,(H3,9,11,12,13). The second kappa shape index (κ2) is 3.59. The van der Waals surface area contributed by atoms with E-state index in [2.05, 4.69) is 20.3 Å². The molecule has 2 heterocycles. The molecule has 1 atom stereocenters. The van der Waals surface area contributed by atoms with Crippen LogP contribution in [0.4, 0.5) is 5.82 Å². The van der Waals surface area contributed by atoms with Crippen LogP contribution >= 0.6 is 0 Å². The number of guanidine groups is 1. The summed E-state index contributed by atoms with van der Waals surface area (Å²) in [6, 6.07) is 0. The fourth-order valence-electron chi connectivity index (χ4n) is 1.24. The number of aromatic nitrogens is 2. The van der Waals surface area contributed by atoms with Crippen molar-refractivity contribution in [3.8, 4) is 0 Å². The van der Waals surface area contributed by atoms with Crippen LogP contribution in [-0.2, 0) is 4.74 Å². The van der Waals surface area contributed by atoms with Gasteiger partial charge in [0, 0.05) is 19.0 Å². The minimum absolute atomic E-state index is 0.302. The summed E-state index contributed by atoms with van der Waals surface area (Å²) in [4.78, 5) is 12.3. The van der Waals surface area contributed by atoms with Gasteiger partial charge >= 0.3 is 0 Å². The Hall–Kier alpha value is -1.69. The maximum Gasteiger partial charge on any atom is 0.198 e. The molecule has 1 unspecified atom stereocenters. The fourth-order valence-corrected chi connectivity index (χ4v) is 1.24.